The van der Waals surface area contributed by atoms with Crippen molar-refractivity contribution >= 4 is 11.8 Å². The van der Waals surface area contributed by atoms with Crippen molar-refractivity contribution in [2.45, 2.75) is 32.2 Å². The number of aromatic nitrogens is 2. The molecule has 21 heavy (non-hydrogen) atoms. The maximum atomic E-state index is 11.4. The molecule has 1 N–H and O–H groups in total. The standard InChI is InChI=1S/C15H17N3O3/c1-10-5-2-3-7-18(10)14-11(15(19)20)9-16-13(17-14)12-6-4-8-21-12/h4,6,8-10H,2-3,5,7H2,1H3,(H,19,20). The van der Waals surface area contributed by atoms with Crippen molar-refractivity contribution in [3.05, 3.63) is 30.2 Å². The quantitative estimate of drug-likeness (QED) is 0.935. The van der Waals surface area contributed by atoms with Crippen LogP contribution in [0.25, 0.3) is 11.6 Å². The van der Waals surface area contributed by atoms with E-state index >= 15 is 0 Å². The lowest BCUT2D eigenvalue weighted by Crippen LogP contribution is -2.39. The van der Waals surface area contributed by atoms with Gasteiger partial charge in [0.15, 0.2) is 11.6 Å². The second-order valence-corrected chi connectivity index (χ2v) is 5.25. The molecule has 0 spiro atoms. The summed E-state index contributed by atoms with van der Waals surface area (Å²) in [5, 5.41) is 9.37. The average molecular weight is 287 g/mol. The molecule has 0 saturated carbocycles. The first kappa shape index (κ1) is 13.6. The number of rotatable bonds is 3. The molecule has 0 bridgehead atoms. The number of anilines is 1. The molecule has 110 valence electrons. The fourth-order valence-corrected chi connectivity index (χ4v) is 2.68. The van der Waals surface area contributed by atoms with E-state index in [-0.39, 0.29) is 11.6 Å². The minimum Gasteiger partial charge on any atom is -0.477 e. The molecule has 3 rings (SSSR count). The SMILES string of the molecule is CC1CCCCN1c1nc(-c2ccco2)ncc1C(=O)O. The van der Waals surface area contributed by atoms with Crippen molar-refractivity contribution in [1.82, 2.24) is 9.97 Å². The molecule has 0 amide bonds. The van der Waals surface area contributed by atoms with E-state index in [0.29, 0.717) is 17.4 Å². The Morgan fingerprint density at radius 2 is 2.33 bits per heavy atom. The first-order valence-electron chi connectivity index (χ1n) is 7.07. The van der Waals surface area contributed by atoms with Crippen molar-refractivity contribution in [3.63, 3.8) is 0 Å². The molecule has 3 heterocycles. The summed E-state index contributed by atoms with van der Waals surface area (Å²) < 4.78 is 5.30. The number of aromatic carboxylic acids is 1. The van der Waals surface area contributed by atoms with Crippen molar-refractivity contribution in [1.29, 1.82) is 0 Å². The van der Waals surface area contributed by atoms with Gasteiger partial charge in [0.05, 0.1) is 6.26 Å². The van der Waals surface area contributed by atoms with Gasteiger partial charge in [-0.2, -0.15) is 0 Å². The van der Waals surface area contributed by atoms with Gasteiger partial charge in [-0.1, -0.05) is 0 Å². The number of carbonyl (C=O) groups is 1. The van der Waals surface area contributed by atoms with Gasteiger partial charge in [0.2, 0.25) is 0 Å². The Morgan fingerprint density at radius 3 is 3.00 bits per heavy atom. The topological polar surface area (TPSA) is 79.5 Å². The van der Waals surface area contributed by atoms with E-state index < -0.39 is 5.97 Å². The molecule has 0 aromatic carbocycles. The number of hydrogen-bond acceptors (Lipinski definition) is 5. The Kier molecular flexibility index (Phi) is 3.60. The molecule has 1 aliphatic heterocycles. The normalized spacial score (nSPS) is 18.7. The smallest absolute Gasteiger partial charge is 0.341 e. The van der Waals surface area contributed by atoms with Gasteiger partial charge in [0, 0.05) is 18.8 Å². The molecule has 2 aromatic rings. The monoisotopic (exact) mass is 287 g/mol. The van der Waals surface area contributed by atoms with Gasteiger partial charge < -0.3 is 14.4 Å². The van der Waals surface area contributed by atoms with Crippen LogP contribution in [0.3, 0.4) is 0 Å². The highest BCUT2D eigenvalue weighted by molar-refractivity contribution is 5.93. The number of nitrogens with zero attached hydrogens (tertiary/aromatic N) is 3. The number of piperidine rings is 1. The lowest BCUT2D eigenvalue weighted by molar-refractivity contribution is 0.0696. The number of carboxylic acid groups (broad SMARTS) is 1. The Morgan fingerprint density at radius 1 is 1.48 bits per heavy atom. The zero-order valence-electron chi connectivity index (χ0n) is 11.8. The van der Waals surface area contributed by atoms with Gasteiger partial charge >= 0.3 is 5.97 Å². The summed E-state index contributed by atoms with van der Waals surface area (Å²) in [6, 6.07) is 3.79. The molecule has 1 atom stereocenters. The van der Waals surface area contributed by atoms with Crippen LogP contribution in [0.2, 0.25) is 0 Å². The first-order chi connectivity index (χ1) is 10.2. The molecule has 6 nitrogen and oxygen atoms in total. The summed E-state index contributed by atoms with van der Waals surface area (Å²) in [7, 11) is 0. The lowest BCUT2D eigenvalue weighted by atomic mass is 10.0. The maximum absolute atomic E-state index is 11.4. The number of furan rings is 1. The van der Waals surface area contributed by atoms with Gasteiger partial charge in [-0.15, -0.1) is 0 Å². The largest absolute Gasteiger partial charge is 0.477 e. The van der Waals surface area contributed by atoms with Crippen LogP contribution in [-0.2, 0) is 0 Å². The minimum absolute atomic E-state index is 0.138. The minimum atomic E-state index is -1.01. The van der Waals surface area contributed by atoms with E-state index in [1.54, 1.807) is 18.4 Å². The van der Waals surface area contributed by atoms with E-state index in [4.69, 9.17) is 4.42 Å². The zero-order chi connectivity index (χ0) is 14.8. The highest BCUT2D eigenvalue weighted by Crippen LogP contribution is 2.28. The summed E-state index contributed by atoms with van der Waals surface area (Å²) in [5.74, 6) is 0.431. The number of hydrogen-bond donors (Lipinski definition) is 1. The van der Waals surface area contributed by atoms with E-state index in [1.165, 1.54) is 6.20 Å². The van der Waals surface area contributed by atoms with Crippen molar-refractivity contribution in [2.75, 3.05) is 11.4 Å². The van der Waals surface area contributed by atoms with Crippen molar-refractivity contribution in [2.24, 2.45) is 0 Å². The molecule has 1 unspecified atom stereocenters. The Balaban J connectivity index is 2.06. The third-order valence-electron chi connectivity index (χ3n) is 3.82. The van der Waals surface area contributed by atoms with Crippen LogP contribution in [0.15, 0.2) is 29.0 Å². The molecular weight excluding hydrogens is 270 g/mol. The van der Waals surface area contributed by atoms with Crippen LogP contribution < -0.4 is 4.90 Å². The third-order valence-corrected chi connectivity index (χ3v) is 3.82. The lowest BCUT2D eigenvalue weighted by Gasteiger charge is -2.35. The predicted molar refractivity (Wildman–Crippen MR) is 77.4 cm³/mol. The van der Waals surface area contributed by atoms with E-state index in [2.05, 4.69) is 21.8 Å². The highest BCUT2D eigenvalue weighted by Gasteiger charge is 2.26. The second-order valence-electron chi connectivity index (χ2n) is 5.25. The Hall–Kier alpha value is -2.37. The summed E-state index contributed by atoms with van der Waals surface area (Å²) in [5.41, 5.74) is 0.138. The van der Waals surface area contributed by atoms with Gasteiger partial charge in [-0.25, -0.2) is 14.8 Å². The van der Waals surface area contributed by atoms with Crippen LogP contribution in [0.5, 0.6) is 0 Å². The van der Waals surface area contributed by atoms with Crippen LogP contribution in [0, 0.1) is 0 Å². The van der Waals surface area contributed by atoms with Crippen LogP contribution in [0.1, 0.15) is 36.5 Å². The molecule has 6 heteroatoms. The number of carboxylic acids is 1. The van der Waals surface area contributed by atoms with E-state index in [0.717, 1.165) is 25.8 Å². The first-order valence-corrected chi connectivity index (χ1v) is 7.07. The van der Waals surface area contributed by atoms with Gasteiger partial charge in [0.25, 0.3) is 0 Å². The summed E-state index contributed by atoms with van der Waals surface area (Å²) >= 11 is 0. The third kappa shape index (κ3) is 2.61. The van der Waals surface area contributed by atoms with Crippen LogP contribution in [0.4, 0.5) is 5.82 Å². The fourth-order valence-electron chi connectivity index (χ4n) is 2.68. The Bertz CT molecular complexity index is 640. The molecule has 2 aromatic heterocycles. The van der Waals surface area contributed by atoms with E-state index in [1.807, 2.05) is 0 Å². The predicted octanol–water partition coefficient (Wildman–Crippen LogP) is 2.81. The molecule has 1 fully saturated rings. The molecule has 1 saturated heterocycles. The van der Waals surface area contributed by atoms with Gasteiger partial charge in [-0.3, -0.25) is 0 Å². The summed E-state index contributed by atoms with van der Waals surface area (Å²) in [4.78, 5) is 22.1. The summed E-state index contributed by atoms with van der Waals surface area (Å²) in [6.45, 7) is 2.91. The van der Waals surface area contributed by atoms with Crippen LogP contribution >= 0.6 is 0 Å². The van der Waals surface area contributed by atoms with Crippen molar-refractivity contribution < 1.29 is 14.3 Å². The van der Waals surface area contributed by atoms with Gasteiger partial charge in [-0.05, 0) is 38.3 Å². The second kappa shape index (κ2) is 5.55. The average Bonchev–Trinajstić information content (AvgIpc) is 3.01. The van der Waals surface area contributed by atoms with Crippen molar-refractivity contribution in [3.8, 4) is 11.6 Å². The molecule has 1 aliphatic rings. The maximum Gasteiger partial charge on any atom is 0.341 e. The van der Waals surface area contributed by atoms with Gasteiger partial charge in [0.1, 0.15) is 11.4 Å². The fraction of sp³-hybridized carbons (Fsp3) is 0.400. The molecule has 0 radical (unpaired) electrons. The van der Waals surface area contributed by atoms with Crippen LogP contribution in [-0.4, -0.2) is 33.6 Å². The summed E-state index contributed by atoms with van der Waals surface area (Å²) in [6.07, 6.45) is 6.16. The van der Waals surface area contributed by atoms with E-state index in [9.17, 15) is 9.90 Å². The highest BCUT2D eigenvalue weighted by atomic mass is 16.4. The zero-order valence-corrected chi connectivity index (χ0v) is 11.8. The Labute approximate surface area is 122 Å². The molecule has 0 aliphatic carbocycles. The molecular formula is C15H17N3O3.